The number of nitrogens with one attached hydrogen (secondary N) is 1. The highest BCUT2D eigenvalue weighted by Crippen LogP contribution is 2.22. The number of nitro benzene ring substituents is 1. The van der Waals surface area contributed by atoms with Gasteiger partial charge in [-0.15, -0.1) is 0 Å². The molecule has 1 heterocycles. The third-order valence-corrected chi connectivity index (χ3v) is 4.52. The maximum Gasteiger partial charge on any atom is 0.269 e. The van der Waals surface area contributed by atoms with Crippen molar-refractivity contribution in [2.24, 2.45) is 4.99 Å². The van der Waals surface area contributed by atoms with Gasteiger partial charge in [-0.25, -0.2) is 4.99 Å². The molecule has 1 aromatic carbocycles. The van der Waals surface area contributed by atoms with Crippen LogP contribution in [-0.4, -0.2) is 48.1 Å². The zero-order chi connectivity index (χ0) is 16.8. The molecule has 0 aromatic heterocycles. The number of morpholine rings is 1. The molecule has 1 aromatic rings. The zero-order valence-corrected chi connectivity index (χ0v) is 13.8. The van der Waals surface area contributed by atoms with E-state index in [2.05, 4.69) is 10.2 Å². The lowest BCUT2D eigenvalue weighted by Crippen LogP contribution is -2.44. The molecule has 3 rings (SSSR count). The first-order valence-electron chi connectivity index (χ1n) is 8.64. The first-order valence-corrected chi connectivity index (χ1v) is 8.64. The topological polar surface area (TPSA) is 80.0 Å². The van der Waals surface area contributed by atoms with Crippen LogP contribution in [0, 0.1) is 10.1 Å². The van der Waals surface area contributed by atoms with Gasteiger partial charge in [0.1, 0.15) is 0 Å². The van der Waals surface area contributed by atoms with Crippen molar-refractivity contribution in [3.05, 3.63) is 34.4 Å². The van der Waals surface area contributed by atoms with E-state index >= 15 is 0 Å². The van der Waals surface area contributed by atoms with E-state index in [1.54, 1.807) is 12.1 Å². The standard InChI is InChI=1S/C17H24N4O3/c22-21(23)16-8-6-15(7-9-16)19-17(20-10-12-24-13-11-20)18-14-4-2-1-3-5-14/h6-9,14H,1-5,10-13H2,(H,18,19). The number of anilines is 1. The van der Waals surface area contributed by atoms with Crippen molar-refractivity contribution in [3.63, 3.8) is 0 Å². The predicted octanol–water partition coefficient (Wildman–Crippen LogP) is 3.03. The molecule has 7 nitrogen and oxygen atoms in total. The molecule has 0 bridgehead atoms. The number of hydrogen-bond acceptors (Lipinski definition) is 4. The summed E-state index contributed by atoms with van der Waals surface area (Å²) in [7, 11) is 0. The van der Waals surface area contributed by atoms with Crippen molar-refractivity contribution in [3.8, 4) is 0 Å². The van der Waals surface area contributed by atoms with E-state index in [4.69, 9.17) is 9.73 Å². The number of hydrogen-bond donors (Lipinski definition) is 1. The molecule has 1 saturated carbocycles. The van der Waals surface area contributed by atoms with Crippen LogP contribution in [-0.2, 0) is 4.74 Å². The highest BCUT2D eigenvalue weighted by Gasteiger charge is 2.19. The summed E-state index contributed by atoms with van der Waals surface area (Å²) >= 11 is 0. The Morgan fingerprint density at radius 3 is 2.46 bits per heavy atom. The number of nitro groups is 1. The molecule has 0 radical (unpaired) electrons. The SMILES string of the molecule is O=[N+]([O-])c1ccc(NC(=NC2CCCCC2)N2CCOCC2)cc1. The maximum absolute atomic E-state index is 10.8. The Morgan fingerprint density at radius 2 is 1.83 bits per heavy atom. The summed E-state index contributed by atoms with van der Waals surface area (Å²) in [6.07, 6.45) is 6.05. The zero-order valence-electron chi connectivity index (χ0n) is 13.8. The van der Waals surface area contributed by atoms with Gasteiger partial charge in [0.05, 0.1) is 24.2 Å². The quantitative estimate of drug-likeness (QED) is 0.398. The summed E-state index contributed by atoms with van der Waals surface area (Å²) in [6, 6.07) is 6.85. The van der Waals surface area contributed by atoms with E-state index in [1.165, 1.54) is 31.4 Å². The first-order chi connectivity index (χ1) is 11.7. The van der Waals surface area contributed by atoms with E-state index in [1.807, 2.05) is 0 Å². The summed E-state index contributed by atoms with van der Waals surface area (Å²) in [5.74, 6) is 0.860. The fourth-order valence-corrected chi connectivity index (χ4v) is 3.15. The Hall–Kier alpha value is -2.15. The second-order valence-electron chi connectivity index (χ2n) is 6.27. The maximum atomic E-state index is 10.8. The lowest BCUT2D eigenvalue weighted by molar-refractivity contribution is -0.384. The molecule has 1 saturated heterocycles. The molecule has 0 spiro atoms. The van der Waals surface area contributed by atoms with Gasteiger partial charge in [-0.05, 0) is 25.0 Å². The lowest BCUT2D eigenvalue weighted by atomic mass is 9.96. The van der Waals surface area contributed by atoms with Crippen LogP contribution in [0.2, 0.25) is 0 Å². The average molecular weight is 332 g/mol. The van der Waals surface area contributed by atoms with Crippen LogP contribution in [0.15, 0.2) is 29.3 Å². The lowest BCUT2D eigenvalue weighted by Gasteiger charge is -2.31. The first kappa shape index (κ1) is 16.7. The minimum Gasteiger partial charge on any atom is -0.378 e. The van der Waals surface area contributed by atoms with Crippen LogP contribution in [0.1, 0.15) is 32.1 Å². The largest absolute Gasteiger partial charge is 0.378 e. The summed E-state index contributed by atoms with van der Waals surface area (Å²) in [5, 5.41) is 14.1. The van der Waals surface area contributed by atoms with Crippen LogP contribution in [0.25, 0.3) is 0 Å². The van der Waals surface area contributed by atoms with Crippen LogP contribution in [0.3, 0.4) is 0 Å². The average Bonchev–Trinajstić information content (AvgIpc) is 2.63. The minimum absolute atomic E-state index is 0.0951. The van der Waals surface area contributed by atoms with Crippen molar-refractivity contribution in [1.82, 2.24) is 4.90 Å². The Morgan fingerprint density at radius 1 is 1.17 bits per heavy atom. The number of ether oxygens (including phenoxy) is 1. The van der Waals surface area contributed by atoms with Crippen molar-refractivity contribution < 1.29 is 9.66 Å². The Labute approximate surface area is 141 Å². The van der Waals surface area contributed by atoms with Crippen molar-refractivity contribution in [1.29, 1.82) is 0 Å². The summed E-state index contributed by atoms with van der Waals surface area (Å²) in [6.45, 7) is 3.02. The van der Waals surface area contributed by atoms with Crippen LogP contribution in [0.5, 0.6) is 0 Å². The second-order valence-corrected chi connectivity index (χ2v) is 6.27. The molecule has 24 heavy (non-hydrogen) atoms. The van der Waals surface area contributed by atoms with Crippen LogP contribution >= 0.6 is 0 Å². The number of guanidine groups is 1. The van der Waals surface area contributed by atoms with Crippen LogP contribution < -0.4 is 5.32 Å². The molecule has 1 aliphatic carbocycles. The molecule has 2 fully saturated rings. The predicted molar refractivity (Wildman–Crippen MR) is 93.4 cm³/mol. The second kappa shape index (κ2) is 8.10. The van der Waals surface area contributed by atoms with E-state index in [0.717, 1.165) is 37.6 Å². The Kier molecular flexibility index (Phi) is 5.63. The molecule has 0 atom stereocenters. The molecule has 0 amide bonds. The van der Waals surface area contributed by atoms with Gasteiger partial charge in [0.15, 0.2) is 5.96 Å². The summed E-state index contributed by atoms with van der Waals surface area (Å²) < 4.78 is 5.43. The molecular weight excluding hydrogens is 308 g/mol. The Balaban J connectivity index is 1.75. The van der Waals surface area contributed by atoms with Gasteiger partial charge in [-0.3, -0.25) is 10.1 Å². The summed E-state index contributed by atoms with van der Waals surface area (Å²) in [5.41, 5.74) is 0.916. The van der Waals surface area contributed by atoms with E-state index in [-0.39, 0.29) is 10.6 Å². The number of aliphatic imine (C=N–C) groups is 1. The smallest absolute Gasteiger partial charge is 0.269 e. The molecule has 0 unspecified atom stereocenters. The van der Waals surface area contributed by atoms with E-state index in [0.29, 0.717) is 19.3 Å². The highest BCUT2D eigenvalue weighted by molar-refractivity contribution is 5.94. The minimum atomic E-state index is -0.386. The molecular formula is C17H24N4O3. The van der Waals surface area contributed by atoms with Gasteiger partial charge in [0.2, 0.25) is 0 Å². The molecule has 7 heteroatoms. The molecule has 1 N–H and O–H groups in total. The van der Waals surface area contributed by atoms with Crippen LogP contribution in [0.4, 0.5) is 11.4 Å². The number of benzene rings is 1. The van der Waals surface area contributed by atoms with Crippen molar-refractivity contribution in [2.75, 3.05) is 31.6 Å². The number of rotatable bonds is 3. The summed E-state index contributed by atoms with van der Waals surface area (Å²) in [4.78, 5) is 17.6. The Bertz CT molecular complexity index is 576. The highest BCUT2D eigenvalue weighted by atomic mass is 16.6. The number of nitrogens with zero attached hydrogens (tertiary/aromatic N) is 3. The van der Waals surface area contributed by atoms with Crippen molar-refractivity contribution >= 4 is 17.3 Å². The molecule has 1 aliphatic heterocycles. The fraction of sp³-hybridized carbons (Fsp3) is 0.588. The number of non-ortho nitro benzene ring substituents is 1. The van der Waals surface area contributed by atoms with Gasteiger partial charge in [-0.2, -0.15) is 0 Å². The van der Waals surface area contributed by atoms with Gasteiger partial charge in [0, 0.05) is 30.9 Å². The van der Waals surface area contributed by atoms with E-state index < -0.39 is 0 Å². The molecule has 2 aliphatic rings. The van der Waals surface area contributed by atoms with Gasteiger partial charge >= 0.3 is 0 Å². The van der Waals surface area contributed by atoms with Crippen molar-refractivity contribution in [2.45, 2.75) is 38.1 Å². The molecule has 130 valence electrons. The fourth-order valence-electron chi connectivity index (χ4n) is 3.15. The third-order valence-electron chi connectivity index (χ3n) is 4.52. The van der Waals surface area contributed by atoms with E-state index in [9.17, 15) is 10.1 Å². The third kappa shape index (κ3) is 4.44. The van der Waals surface area contributed by atoms with Gasteiger partial charge in [-0.1, -0.05) is 19.3 Å². The van der Waals surface area contributed by atoms with Gasteiger partial charge < -0.3 is 15.0 Å². The monoisotopic (exact) mass is 332 g/mol. The van der Waals surface area contributed by atoms with Gasteiger partial charge in [0.25, 0.3) is 5.69 Å². The normalized spacial score (nSPS) is 20.0.